The highest BCUT2D eigenvalue weighted by molar-refractivity contribution is 7.16. The Morgan fingerprint density at radius 1 is 1.00 bits per heavy atom. The molecule has 160 valence electrons. The van der Waals surface area contributed by atoms with Gasteiger partial charge in [0.1, 0.15) is 5.00 Å². The monoisotopic (exact) mass is 450 g/mol. The van der Waals surface area contributed by atoms with Gasteiger partial charge in [0.15, 0.2) is 0 Å². The molecule has 1 heterocycles. The third-order valence-corrected chi connectivity index (χ3v) is 7.30. The lowest BCUT2D eigenvalue weighted by Gasteiger charge is -2.12. The first kappa shape index (κ1) is 21.8. The summed E-state index contributed by atoms with van der Waals surface area (Å²) in [6.45, 7) is 4.14. The molecule has 0 saturated heterocycles. The SMILES string of the molecule is Cc1ccc(NC(=O)c2c(N=Cc3ccc(Cl)cc3)sc3c2CCCCCC3)cc1C. The van der Waals surface area contributed by atoms with Crippen LogP contribution in [0.25, 0.3) is 0 Å². The van der Waals surface area contributed by atoms with E-state index in [4.69, 9.17) is 16.6 Å². The highest BCUT2D eigenvalue weighted by atomic mass is 35.5. The molecule has 0 atom stereocenters. The van der Waals surface area contributed by atoms with Crippen LogP contribution in [0.3, 0.4) is 0 Å². The predicted molar refractivity (Wildman–Crippen MR) is 133 cm³/mol. The van der Waals surface area contributed by atoms with Gasteiger partial charge in [-0.2, -0.15) is 0 Å². The molecule has 3 aromatic rings. The number of thiophene rings is 1. The molecule has 1 aromatic heterocycles. The van der Waals surface area contributed by atoms with Crippen molar-refractivity contribution in [2.45, 2.75) is 52.4 Å². The normalized spacial score (nSPS) is 14.2. The summed E-state index contributed by atoms with van der Waals surface area (Å²) in [5.74, 6) is -0.0652. The third-order valence-electron chi connectivity index (χ3n) is 5.85. The lowest BCUT2D eigenvalue weighted by Crippen LogP contribution is -2.14. The number of benzene rings is 2. The van der Waals surface area contributed by atoms with Gasteiger partial charge in [-0.15, -0.1) is 11.3 Å². The number of hydrogen-bond donors (Lipinski definition) is 1. The highest BCUT2D eigenvalue weighted by Gasteiger charge is 2.24. The molecule has 0 unspecified atom stereocenters. The molecule has 5 heteroatoms. The number of aliphatic imine (C=N–C) groups is 1. The number of rotatable bonds is 4. The number of halogens is 1. The van der Waals surface area contributed by atoms with Crippen molar-refractivity contribution in [1.82, 2.24) is 0 Å². The number of anilines is 1. The number of aryl methyl sites for hydroxylation is 3. The van der Waals surface area contributed by atoms with Gasteiger partial charge in [-0.1, -0.05) is 42.6 Å². The fraction of sp³-hybridized carbons (Fsp3) is 0.308. The molecule has 31 heavy (non-hydrogen) atoms. The number of fused-ring (bicyclic) bond motifs is 1. The zero-order valence-corrected chi connectivity index (χ0v) is 19.6. The van der Waals surface area contributed by atoms with Crippen LogP contribution in [-0.4, -0.2) is 12.1 Å². The van der Waals surface area contributed by atoms with Crippen molar-refractivity contribution in [3.8, 4) is 0 Å². The van der Waals surface area contributed by atoms with Crippen LogP contribution in [0.2, 0.25) is 5.02 Å². The van der Waals surface area contributed by atoms with Crippen LogP contribution in [0, 0.1) is 13.8 Å². The molecule has 0 bridgehead atoms. The maximum absolute atomic E-state index is 13.4. The van der Waals surface area contributed by atoms with Crippen LogP contribution in [0.5, 0.6) is 0 Å². The fourth-order valence-corrected chi connectivity index (χ4v) is 5.28. The van der Waals surface area contributed by atoms with Crippen LogP contribution in [0.4, 0.5) is 10.7 Å². The zero-order valence-electron chi connectivity index (χ0n) is 18.0. The summed E-state index contributed by atoms with van der Waals surface area (Å²) in [4.78, 5) is 19.5. The molecule has 0 radical (unpaired) electrons. The van der Waals surface area contributed by atoms with Crippen LogP contribution in [-0.2, 0) is 12.8 Å². The molecule has 0 saturated carbocycles. The molecule has 1 amide bonds. The predicted octanol–water partition coefficient (Wildman–Crippen LogP) is 7.68. The van der Waals surface area contributed by atoms with Gasteiger partial charge in [0, 0.05) is 21.8 Å². The Balaban J connectivity index is 1.69. The van der Waals surface area contributed by atoms with Crippen LogP contribution in [0.15, 0.2) is 47.5 Å². The van der Waals surface area contributed by atoms with Crippen molar-refractivity contribution in [1.29, 1.82) is 0 Å². The molecule has 0 spiro atoms. The Kier molecular flexibility index (Phi) is 6.89. The molecule has 0 fully saturated rings. The van der Waals surface area contributed by atoms with E-state index in [-0.39, 0.29) is 5.91 Å². The van der Waals surface area contributed by atoms with E-state index in [0.717, 1.165) is 41.1 Å². The second-order valence-electron chi connectivity index (χ2n) is 8.16. The first-order chi connectivity index (χ1) is 15.0. The minimum atomic E-state index is -0.0652. The molecule has 2 aromatic carbocycles. The van der Waals surface area contributed by atoms with Crippen molar-refractivity contribution in [3.05, 3.63) is 80.2 Å². The maximum atomic E-state index is 13.4. The van der Waals surface area contributed by atoms with Gasteiger partial charge >= 0.3 is 0 Å². The van der Waals surface area contributed by atoms with E-state index < -0.39 is 0 Å². The Morgan fingerprint density at radius 3 is 2.48 bits per heavy atom. The topological polar surface area (TPSA) is 41.5 Å². The Morgan fingerprint density at radius 2 is 1.74 bits per heavy atom. The number of nitrogens with one attached hydrogen (secondary N) is 1. The largest absolute Gasteiger partial charge is 0.322 e. The Hall–Kier alpha value is -2.43. The summed E-state index contributed by atoms with van der Waals surface area (Å²) >= 11 is 7.66. The van der Waals surface area contributed by atoms with Crippen LogP contribution >= 0.6 is 22.9 Å². The second-order valence-corrected chi connectivity index (χ2v) is 9.68. The molecule has 4 rings (SSSR count). The van der Waals surface area contributed by atoms with Gasteiger partial charge in [-0.25, -0.2) is 4.99 Å². The van der Waals surface area contributed by atoms with Crippen molar-refractivity contribution >= 4 is 45.7 Å². The first-order valence-corrected chi connectivity index (χ1v) is 12.0. The highest BCUT2D eigenvalue weighted by Crippen LogP contribution is 2.39. The molecular weight excluding hydrogens is 424 g/mol. The van der Waals surface area contributed by atoms with Gasteiger partial charge in [-0.05, 0) is 86.1 Å². The maximum Gasteiger partial charge on any atom is 0.259 e. The van der Waals surface area contributed by atoms with Crippen LogP contribution < -0.4 is 5.32 Å². The molecule has 0 aliphatic heterocycles. The van der Waals surface area contributed by atoms with E-state index in [1.165, 1.54) is 40.8 Å². The first-order valence-electron chi connectivity index (χ1n) is 10.8. The van der Waals surface area contributed by atoms with E-state index >= 15 is 0 Å². The van der Waals surface area contributed by atoms with E-state index in [9.17, 15) is 4.79 Å². The van der Waals surface area contributed by atoms with E-state index in [1.807, 2.05) is 48.7 Å². The molecule has 3 nitrogen and oxygen atoms in total. The van der Waals surface area contributed by atoms with E-state index in [2.05, 4.69) is 19.2 Å². The Labute approximate surface area is 193 Å². The van der Waals surface area contributed by atoms with Gasteiger partial charge in [0.25, 0.3) is 5.91 Å². The standard InChI is InChI=1S/C26H27ClN2OS/c1-17-9-14-21(15-18(17)2)29-25(30)24-22-7-5-3-4-6-8-23(22)31-26(24)28-16-19-10-12-20(27)13-11-19/h9-16H,3-8H2,1-2H3,(H,29,30). The van der Waals surface area contributed by atoms with Crippen LogP contribution in [0.1, 0.15) is 63.2 Å². The average molecular weight is 451 g/mol. The third kappa shape index (κ3) is 5.25. The summed E-state index contributed by atoms with van der Waals surface area (Å²) < 4.78 is 0. The summed E-state index contributed by atoms with van der Waals surface area (Å²) in [7, 11) is 0. The second kappa shape index (κ2) is 9.80. The zero-order chi connectivity index (χ0) is 21.8. The average Bonchev–Trinajstić information content (AvgIpc) is 3.07. The lowest BCUT2D eigenvalue weighted by atomic mass is 9.96. The van der Waals surface area contributed by atoms with Crippen molar-refractivity contribution in [3.63, 3.8) is 0 Å². The summed E-state index contributed by atoms with van der Waals surface area (Å²) in [5, 5.41) is 4.61. The van der Waals surface area contributed by atoms with E-state index in [1.54, 1.807) is 11.3 Å². The van der Waals surface area contributed by atoms with Crippen molar-refractivity contribution < 1.29 is 4.79 Å². The van der Waals surface area contributed by atoms with Gasteiger partial charge in [0.2, 0.25) is 0 Å². The fourth-order valence-electron chi connectivity index (χ4n) is 3.92. The van der Waals surface area contributed by atoms with E-state index in [0.29, 0.717) is 5.02 Å². The van der Waals surface area contributed by atoms with Crippen molar-refractivity contribution in [2.75, 3.05) is 5.32 Å². The van der Waals surface area contributed by atoms with Gasteiger partial charge in [0.05, 0.1) is 5.56 Å². The summed E-state index contributed by atoms with van der Waals surface area (Å²) in [6, 6.07) is 13.6. The smallest absolute Gasteiger partial charge is 0.259 e. The number of carbonyl (C=O) groups excluding carboxylic acids is 1. The molecular formula is C26H27ClN2OS. The Bertz CT molecular complexity index is 1120. The molecule has 1 aliphatic carbocycles. The summed E-state index contributed by atoms with van der Waals surface area (Å²) in [6.07, 6.45) is 8.56. The number of hydrogen-bond acceptors (Lipinski definition) is 3. The number of nitrogens with zero attached hydrogens (tertiary/aromatic N) is 1. The number of carbonyl (C=O) groups is 1. The lowest BCUT2D eigenvalue weighted by molar-refractivity contribution is 0.102. The minimum absolute atomic E-state index is 0.0652. The molecule has 1 N–H and O–H groups in total. The molecule has 1 aliphatic rings. The number of amides is 1. The van der Waals surface area contributed by atoms with Gasteiger partial charge < -0.3 is 5.32 Å². The quantitative estimate of drug-likeness (QED) is 0.407. The van der Waals surface area contributed by atoms with Crippen molar-refractivity contribution in [2.24, 2.45) is 4.99 Å². The summed E-state index contributed by atoms with van der Waals surface area (Å²) in [5.41, 5.74) is 6.10. The van der Waals surface area contributed by atoms with Gasteiger partial charge in [-0.3, -0.25) is 4.79 Å². The minimum Gasteiger partial charge on any atom is -0.322 e.